The normalized spacial score (nSPS) is 11.3. The Bertz CT molecular complexity index is 1150. The van der Waals surface area contributed by atoms with Crippen LogP contribution in [0.1, 0.15) is 30.7 Å². The van der Waals surface area contributed by atoms with Crippen LogP contribution < -0.4 is 5.32 Å². The molecule has 0 aliphatic heterocycles. The quantitative estimate of drug-likeness (QED) is 0.477. The van der Waals surface area contributed by atoms with E-state index in [1.807, 2.05) is 49.1 Å². The molecule has 0 atom stereocenters. The van der Waals surface area contributed by atoms with E-state index in [9.17, 15) is 12.8 Å². The number of thiocarbonyl (C=S) groups is 1. The first-order chi connectivity index (χ1) is 15.3. The number of hydrogen-bond acceptors (Lipinski definition) is 4. The molecular formula is C23H27FN4O2S2. The molecule has 1 N–H and O–H groups in total. The highest BCUT2D eigenvalue weighted by Crippen LogP contribution is 2.20. The molecule has 3 rings (SSSR count). The molecule has 0 saturated heterocycles. The predicted octanol–water partition coefficient (Wildman–Crippen LogP) is 3.76. The predicted molar refractivity (Wildman–Crippen MR) is 127 cm³/mol. The Kier molecular flexibility index (Phi) is 7.98. The zero-order chi connectivity index (χ0) is 23.1. The third-order valence-corrected chi connectivity index (χ3v) is 6.98. The smallest absolute Gasteiger partial charge is 0.228 e. The Morgan fingerprint density at radius 3 is 2.41 bits per heavy atom. The van der Waals surface area contributed by atoms with E-state index in [2.05, 4.69) is 10.3 Å². The van der Waals surface area contributed by atoms with Crippen LogP contribution in [0.25, 0.3) is 0 Å². The van der Waals surface area contributed by atoms with Crippen LogP contribution in [0, 0.1) is 5.82 Å². The van der Waals surface area contributed by atoms with E-state index in [-0.39, 0.29) is 10.9 Å². The van der Waals surface area contributed by atoms with Gasteiger partial charge in [0.15, 0.2) is 5.11 Å². The van der Waals surface area contributed by atoms with Gasteiger partial charge in [0.05, 0.1) is 30.7 Å². The molecule has 0 fully saturated rings. The minimum Gasteiger partial charge on any atom is -0.363 e. The fourth-order valence-corrected chi connectivity index (χ4v) is 5.18. The lowest BCUT2D eigenvalue weighted by Gasteiger charge is -2.24. The van der Waals surface area contributed by atoms with Crippen LogP contribution in [0.5, 0.6) is 0 Å². The van der Waals surface area contributed by atoms with E-state index < -0.39 is 15.7 Å². The van der Waals surface area contributed by atoms with Crippen LogP contribution >= 0.6 is 12.2 Å². The largest absolute Gasteiger partial charge is 0.363 e. The summed E-state index contributed by atoms with van der Waals surface area (Å²) in [5.41, 5.74) is 2.21. The lowest BCUT2D eigenvalue weighted by Crippen LogP contribution is -2.39. The van der Waals surface area contributed by atoms with E-state index in [0.29, 0.717) is 36.9 Å². The molecule has 6 nitrogen and oxygen atoms in total. The Balaban J connectivity index is 1.97. The number of sulfone groups is 1. The lowest BCUT2D eigenvalue weighted by atomic mass is 10.2. The molecule has 0 radical (unpaired) electrons. The monoisotopic (exact) mass is 474 g/mol. The summed E-state index contributed by atoms with van der Waals surface area (Å²) >= 11 is 5.46. The first kappa shape index (κ1) is 23.9. The van der Waals surface area contributed by atoms with Gasteiger partial charge in [-0.25, -0.2) is 17.8 Å². The molecule has 0 aliphatic carbocycles. The van der Waals surface area contributed by atoms with Gasteiger partial charge in [-0.05, 0) is 49.3 Å². The number of halogens is 1. The highest BCUT2D eigenvalue weighted by atomic mass is 32.2. The summed E-state index contributed by atoms with van der Waals surface area (Å²) in [6.07, 6.45) is 1.59. The molecule has 1 aromatic heterocycles. The molecule has 2 aromatic carbocycles. The van der Waals surface area contributed by atoms with Crippen molar-refractivity contribution in [1.82, 2.24) is 19.8 Å². The second-order valence-corrected chi connectivity index (χ2v) is 9.61. The van der Waals surface area contributed by atoms with Gasteiger partial charge in [0, 0.05) is 13.1 Å². The molecule has 170 valence electrons. The summed E-state index contributed by atoms with van der Waals surface area (Å²) in [6, 6.07) is 15.1. The fraction of sp³-hybridized carbons (Fsp3) is 0.304. The summed E-state index contributed by atoms with van der Waals surface area (Å²) in [4.78, 5) is 6.27. The summed E-state index contributed by atoms with van der Waals surface area (Å²) in [5, 5.41) is 3.74. The Labute approximate surface area is 194 Å². The van der Waals surface area contributed by atoms with Gasteiger partial charge >= 0.3 is 0 Å². The Morgan fingerprint density at radius 1 is 1.09 bits per heavy atom. The Morgan fingerprint density at radius 2 is 1.78 bits per heavy atom. The summed E-state index contributed by atoms with van der Waals surface area (Å²) < 4.78 is 41.5. The van der Waals surface area contributed by atoms with Gasteiger partial charge in [-0.15, -0.1) is 0 Å². The molecule has 3 aromatic rings. The van der Waals surface area contributed by atoms with Gasteiger partial charge in [0.1, 0.15) is 5.82 Å². The van der Waals surface area contributed by atoms with Crippen molar-refractivity contribution < 1.29 is 12.8 Å². The van der Waals surface area contributed by atoms with E-state index in [1.165, 1.54) is 24.3 Å². The zero-order valence-corrected chi connectivity index (χ0v) is 19.8. The minimum atomic E-state index is -3.77. The third-order valence-electron chi connectivity index (χ3n) is 4.98. The number of rotatable bonds is 9. The standard InChI is InChI=1S/C23H27FN4O2S2/c1-3-25-22(31)27(4-2)16-21-14-26-23(28(21)15-18-8-6-5-7-9-18)32(29,30)17-19-10-12-20(24)13-11-19/h5-14H,3-4,15-17H2,1-2H3,(H,25,31). The second-order valence-electron chi connectivity index (χ2n) is 7.34. The van der Waals surface area contributed by atoms with E-state index >= 15 is 0 Å². The fourth-order valence-electron chi connectivity index (χ4n) is 3.35. The maximum atomic E-state index is 13.3. The van der Waals surface area contributed by atoms with E-state index in [4.69, 9.17) is 12.2 Å². The van der Waals surface area contributed by atoms with Crippen LogP contribution in [0.15, 0.2) is 66.0 Å². The average molecular weight is 475 g/mol. The summed E-state index contributed by atoms with van der Waals surface area (Å²) in [6.45, 7) is 6.12. The van der Waals surface area contributed by atoms with E-state index in [0.717, 1.165) is 11.3 Å². The SMILES string of the molecule is CCNC(=S)N(CC)Cc1cnc(S(=O)(=O)Cc2ccc(F)cc2)n1Cc1ccccc1. The van der Waals surface area contributed by atoms with Gasteiger partial charge in [0.25, 0.3) is 0 Å². The number of aromatic nitrogens is 2. The summed E-state index contributed by atoms with van der Waals surface area (Å²) in [7, 11) is -3.77. The van der Waals surface area contributed by atoms with Crippen molar-refractivity contribution in [2.24, 2.45) is 0 Å². The molecule has 0 bridgehead atoms. The molecule has 0 amide bonds. The topological polar surface area (TPSA) is 67.2 Å². The van der Waals surface area contributed by atoms with E-state index in [1.54, 1.807) is 10.8 Å². The van der Waals surface area contributed by atoms with Crippen LogP contribution in [-0.4, -0.2) is 41.1 Å². The number of hydrogen-bond donors (Lipinski definition) is 1. The van der Waals surface area contributed by atoms with Gasteiger partial charge in [-0.2, -0.15) is 0 Å². The van der Waals surface area contributed by atoms with Crippen molar-refractivity contribution in [3.05, 3.63) is 83.4 Å². The zero-order valence-electron chi connectivity index (χ0n) is 18.2. The number of imidazole rings is 1. The molecular weight excluding hydrogens is 447 g/mol. The van der Waals surface area contributed by atoms with Crippen molar-refractivity contribution in [2.75, 3.05) is 13.1 Å². The second kappa shape index (κ2) is 10.7. The molecule has 9 heteroatoms. The van der Waals surface area contributed by atoms with Crippen LogP contribution in [-0.2, 0) is 28.7 Å². The molecule has 0 saturated carbocycles. The van der Waals surface area contributed by atoms with Gasteiger partial charge in [-0.3, -0.25) is 0 Å². The van der Waals surface area contributed by atoms with Crippen molar-refractivity contribution in [2.45, 2.75) is 37.8 Å². The molecule has 0 spiro atoms. The molecule has 32 heavy (non-hydrogen) atoms. The van der Waals surface area contributed by atoms with Crippen molar-refractivity contribution in [3.8, 4) is 0 Å². The number of nitrogens with one attached hydrogen (secondary N) is 1. The van der Waals surface area contributed by atoms with Gasteiger partial charge in [0.2, 0.25) is 15.0 Å². The van der Waals surface area contributed by atoms with Crippen LogP contribution in [0.4, 0.5) is 4.39 Å². The van der Waals surface area contributed by atoms with Gasteiger partial charge in [-0.1, -0.05) is 42.5 Å². The highest BCUT2D eigenvalue weighted by molar-refractivity contribution is 7.90. The molecule has 1 heterocycles. The molecule has 0 unspecified atom stereocenters. The highest BCUT2D eigenvalue weighted by Gasteiger charge is 2.25. The van der Waals surface area contributed by atoms with Crippen molar-refractivity contribution >= 4 is 27.2 Å². The van der Waals surface area contributed by atoms with Crippen molar-refractivity contribution in [1.29, 1.82) is 0 Å². The lowest BCUT2D eigenvalue weighted by molar-refractivity contribution is 0.410. The third kappa shape index (κ3) is 5.92. The van der Waals surface area contributed by atoms with Crippen LogP contribution in [0.2, 0.25) is 0 Å². The van der Waals surface area contributed by atoms with Crippen molar-refractivity contribution in [3.63, 3.8) is 0 Å². The average Bonchev–Trinajstić information content (AvgIpc) is 3.17. The first-order valence-electron chi connectivity index (χ1n) is 10.4. The Hall–Kier alpha value is -2.78. The van der Waals surface area contributed by atoms with Crippen LogP contribution in [0.3, 0.4) is 0 Å². The number of nitrogens with zero attached hydrogens (tertiary/aromatic N) is 3. The minimum absolute atomic E-state index is 0.00824. The maximum absolute atomic E-state index is 13.3. The first-order valence-corrected chi connectivity index (χ1v) is 12.5. The maximum Gasteiger partial charge on any atom is 0.228 e. The van der Waals surface area contributed by atoms with Gasteiger partial charge < -0.3 is 14.8 Å². The number of benzene rings is 2. The summed E-state index contributed by atoms with van der Waals surface area (Å²) in [5.74, 6) is -0.665. The molecule has 0 aliphatic rings.